The Bertz CT molecular complexity index is 1630. The van der Waals surface area contributed by atoms with Crippen molar-refractivity contribution in [2.75, 3.05) is 17.9 Å². The summed E-state index contributed by atoms with van der Waals surface area (Å²) in [5, 5.41) is 3.64. The molecule has 4 rings (SSSR count). The molecule has 0 aliphatic carbocycles. The number of likely N-dealkylation sites (N-methyl/N-ethyl adjacent to an activating group) is 1. The van der Waals surface area contributed by atoms with Crippen molar-refractivity contribution in [3.05, 3.63) is 130 Å². The molecule has 0 aromatic heterocycles. The molecule has 1 atom stereocenters. The number of nitrogens with one attached hydrogen (secondary N) is 1. The number of nitrogens with zero attached hydrogens (tertiary/aromatic N) is 2. The van der Waals surface area contributed by atoms with Crippen LogP contribution in [0.2, 0.25) is 10.0 Å². The van der Waals surface area contributed by atoms with Crippen LogP contribution in [0.3, 0.4) is 0 Å². The van der Waals surface area contributed by atoms with Crippen LogP contribution in [-0.2, 0) is 32.6 Å². The lowest BCUT2D eigenvalue weighted by molar-refractivity contribution is -0.139. The maximum absolute atomic E-state index is 14.3. The largest absolute Gasteiger partial charge is 0.357 e. The molecule has 4 aromatic rings. The normalized spacial score (nSPS) is 11.9. The van der Waals surface area contributed by atoms with Gasteiger partial charge in [0.25, 0.3) is 10.0 Å². The minimum Gasteiger partial charge on any atom is -0.357 e. The van der Waals surface area contributed by atoms with E-state index in [1.54, 1.807) is 67.6 Å². The lowest BCUT2D eigenvalue weighted by Crippen LogP contribution is -2.53. The van der Waals surface area contributed by atoms with Gasteiger partial charge in [0.15, 0.2) is 0 Å². The maximum Gasteiger partial charge on any atom is 0.264 e. The Balaban J connectivity index is 1.80. The lowest BCUT2D eigenvalue weighted by atomic mass is 10.0. The zero-order valence-electron chi connectivity index (χ0n) is 23.2. The number of anilines is 1. The number of rotatable bonds is 11. The van der Waals surface area contributed by atoms with Crippen molar-refractivity contribution in [1.29, 1.82) is 0 Å². The highest BCUT2D eigenvalue weighted by Gasteiger charge is 2.34. The topological polar surface area (TPSA) is 86.8 Å². The summed E-state index contributed by atoms with van der Waals surface area (Å²) in [5.74, 6) is -0.926. The van der Waals surface area contributed by atoms with E-state index < -0.39 is 28.5 Å². The smallest absolute Gasteiger partial charge is 0.264 e. The number of hydrogen-bond acceptors (Lipinski definition) is 4. The molecule has 0 saturated heterocycles. The first-order valence-corrected chi connectivity index (χ1v) is 15.4. The van der Waals surface area contributed by atoms with Gasteiger partial charge in [-0.3, -0.25) is 13.9 Å². The molecule has 1 unspecified atom stereocenters. The second-order valence-corrected chi connectivity index (χ2v) is 12.5. The maximum atomic E-state index is 14.3. The van der Waals surface area contributed by atoms with Crippen LogP contribution in [0.25, 0.3) is 0 Å². The van der Waals surface area contributed by atoms with Gasteiger partial charge >= 0.3 is 0 Å². The van der Waals surface area contributed by atoms with Crippen LogP contribution in [0.15, 0.2) is 108 Å². The van der Waals surface area contributed by atoms with Crippen molar-refractivity contribution in [3.63, 3.8) is 0 Å². The molecule has 10 heteroatoms. The number of carbonyl (C=O) groups is 2. The number of carbonyl (C=O) groups excluding carboxylic acids is 2. The molecule has 0 saturated carbocycles. The molecule has 0 fully saturated rings. The Hall–Kier alpha value is -3.85. The summed E-state index contributed by atoms with van der Waals surface area (Å²) in [5.41, 5.74) is 2.46. The van der Waals surface area contributed by atoms with Crippen LogP contribution in [0.1, 0.15) is 16.7 Å². The van der Waals surface area contributed by atoms with Gasteiger partial charge in [0, 0.05) is 30.1 Å². The minimum atomic E-state index is -4.18. The van der Waals surface area contributed by atoms with Crippen LogP contribution < -0.4 is 9.62 Å². The molecule has 1 N–H and O–H groups in total. The second-order valence-electron chi connectivity index (χ2n) is 9.72. The fraction of sp³-hybridized carbons (Fsp3) is 0.188. The number of hydrogen-bond donors (Lipinski definition) is 1. The van der Waals surface area contributed by atoms with Gasteiger partial charge in [0.1, 0.15) is 12.6 Å². The Morgan fingerprint density at radius 2 is 1.40 bits per heavy atom. The molecule has 0 heterocycles. The summed E-state index contributed by atoms with van der Waals surface area (Å²) in [6.07, 6.45) is 0.227. The Morgan fingerprint density at radius 1 is 0.810 bits per heavy atom. The summed E-state index contributed by atoms with van der Waals surface area (Å²) in [7, 11) is -2.67. The molecule has 0 aliphatic rings. The lowest BCUT2D eigenvalue weighted by Gasteiger charge is -2.34. The summed E-state index contributed by atoms with van der Waals surface area (Å²) in [4.78, 5) is 29.0. The number of sulfonamides is 1. The molecular formula is C32H31Cl2N3O4S. The van der Waals surface area contributed by atoms with Crippen molar-refractivity contribution in [2.45, 2.75) is 30.8 Å². The van der Waals surface area contributed by atoms with Gasteiger partial charge in [-0.2, -0.15) is 0 Å². The molecule has 0 bridgehead atoms. The van der Waals surface area contributed by atoms with Crippen LogP contribution in [-0.4, -0.2) is 44.8 Å². The van der Waals surface area contributed by atoms with Crippen molar-refractivity contribution in [2.24, 2.45) is 0 Å². The quantitative estimate of drug-likeness (QED) is 0.226. The van der Waals surface area contributed by atoms with Crippen LogP contribution in [0.5, 0.6) is 0 Å². The van der Waals surface area contributed by atoms with E-state index in [9.17, 15) is 18.0 Å². The average molecular weight is 625 g/mol. The standard InChI is InChI=1S/C32H31Cl2N3O4S/c1-23-19-27(34)17-18-29(23)37(42(40,41)28-11-7-4-8-12-28)22-31(38)36(21-25-13-15-26(33)16-14-25)30(32(39)35-2)20-24-9-5-3-6-10-24/h3-19,30H,20-22H2,1-2H3,(H,35,39). The van der Waals surface area contributed by atoms with Gasteiger partial charge in [-0.15, -0.1) is 0 Å². The third-order valence-electron chi connectivity index (χ3n) is 6.82. The van der Waals surface area contributed by atoms with Crippen molar-refractivity contribution < 1.29 is 18.0 Å². The Morgan fingerprint density at radius 3 is 2.00 bits per heavy atom. The second kappa shape index (κ2) is 13.9. The minimum absolute atomic E-state index is 0.0311. The molecule has 0 radical (unpaired) electrons. The molecule has 218 valence electrons. The van der Waals surface area contributed by atoms with E-state index in [0.717, 1.165) is 15.4 Å². The van der Waals surface area contributed by atoms with E-state index in [1.165, 1.54) is 24.1 Å². The van der Waals surface area contributed by atoms with E-state index in [-0.39, 0.29) is 23.8 Å². The van der Waals surface area contributed by atoms with E-state index in [0.29, 0.717) is 21.3 Å². The highest BCUT2D eigenvalue weighted by Crippen LogP contribution is 2.29. The number of aryl methyl sites for hydroxylation is 1. The van der Waals surface area contributed by atoms with E-state index >= 15 is 0 Å². The fourth-order valence-electron chi connectivity index (χ4n) is 4.64. The summed E-state index contributed by atoms with van der Waals surface area (Å²) in [6, 6.07) is 28.1. The van der Waals surface area contributed by atoms with Gasteiger partial charge < -0.3 is 10.2 Å². The molecule has 42 heavy (non-hydrogen) atoms. The highest BCUT2D eigenvalue weighted by atomic mass is 35.5. The average Bonchev–Trinajstić information content (AvgIpc) is 2.99. The van der Waals surface area contributed by atoms with Crippen LogP contribution in [0.4, 0.5) is 5.69 Å². The number of amides is 2. The van der Waals surface area contributed by atoms with Crippen LogP contribution in [0, 0.1) is 6.92 Å². The first-order valence-electron chi connectivity index (χ1n) is 13.2. The highest BCUT2D eigenvalue weighted by molar-refractivity contribution is 7.92. The first kappa shape index (κ1) is 31.1. The van der Waals surface area contributed by atoms with Gasteiger partial charge in [0.2, 0.25) is 11.8 Å². The summed E-state index contributed by atoms with van der Waals surface area (Å²) in [6.45, 7) is 1.24. The van der Waals surface area contributed by atoms with Crippen molar-refractivity contribution >= 4 is 50.7 Å². The zero-order chi connectivity index (χ0) is 30.3. The van der Waals surface area contributed by atoms with E-state index in [4.69, 9.17) is 23.2 Å². The zero-order valence-corrected chi connectivity index (χ0v) is 25.5. The Kier molecular flexibility index (Phi) is 10.3. The first-order chi connectivity index (χ1) is 20.1. The summed E-state index contributed by atoms with van der Waals surface area (Å²) >= 11 is 12.3. The Labute approximate surface area is 256 Å². The van der Waals surface area contributed by atoms with E-state index in [1.807, 2.05) is 30.3 Å². The third kappa shape index (κ3) is 7.50. The molecule has 2 amide bonds. The van der Waals surface area contributed by atoms with Gasteiger partial charge in [-0.05, 0) is 66.1 Å². The predicted molar refractivity (Wildman–Crippen MR) is 167 cm³/mol. The predicted octanol–water partition coefficient (Wildman–Crippen LogP) is 5.88. The fourth-order valence-corrected chi connectivity index (χ4v) is 6.49. The van der Waals surface area contributed by atoms with Gasteiger partial charge in [-0.25, -0.2) is 8.42 Å². The van der Waals surface area contributed by atoms with Crippen molar-refractivity contribution in [3.8, 4) is 0 Å². The molecule has 4 aromatic carbocycles. The van der Waals surface area contributed by atoms with Gasteiger partial charge in [0.05, 0.1) is 10.6 Å². The molecule has 7 nitrogen and oxygen atoms in total. The molecule has 0 spiro atoms. The third-order valence-corrected chi connectivity index (χ3v) is 9.08. The van der Waals surface area contributed by atoms with Crippen molar-refractivity contribution in [1.82, 2.24) is 10.2 Å². The SMILES string of the molecule is CNC(=O)C(Cc1ccccc1)N(Cc1ccc(Cl)cc1)C(=O)CN(c1ccc(Cl)cc1C)S(=O)(=O)c1ccccc1. The van der Waals surface area contributed by atoms with E-state index in [2.05, 4.69) is 5.32 Å². The van der Waals surface area contributed by atoms with Crippen LogP contribution >= 0.6 is 23.2 Å². The van der Waals surface area contributed by atoms with Gasteiger partial charge in [-0.1, -0.05) is 83.9 Å². The monoisotopic (exact) mass is 623 g/mol. The summed E-state index contributed by atoms with van der Waals surface area (Å²) < 4.78 is 29.1. The number of benzene rings is 4. The molecular weight excluding hydrogens is 593 g/mol. The molecule has 0 aliphatic heterocycles. The number of halogens is 2.